The lowest BCUT2D eigenvalue weighted by molar-refractivity contribution is -0.178. The molecule has 0 bridgehead atoms. The highest BCUT2D eigenvalue weighted by Gasteiger charge is 2.41. The summed E-state index contributed by atoms with van der Waals surface area (Å²) in [6.07, 6.45) is 5.74. The highest BCUT2D eigenvalue weighted by molar-refractivity contribution is 7.11. The normalized spacial score (nSPS) is 23.6. The van der Waals surface area contributed by atoms with Crippen LogP contribution in [0.4, 0.5) is 0 Å². The molecule has 1 spiro atoms. The minimum atomic E-state index is -0.305. The van der Waals surface area contributed by atoms with Gasteiger partial charge in [0.05, 0.1) is 18.2 Å². The van der Waals surface area contributed by atoms with Gasteiger partial charge < -0.3 is 9.47 Å². The van der Waals surface area contributed by atoms with Gasteiger partial charge in [0.25, 0.3) is 0 Å². The SMILES string of the molecule is O=NCc1cnc(C2CCC3(CC2)OCCO3)s1. The number of aromatic nitrogens is 1. The van der Waals surface area contributed by atoms with Gasteiger partial charge in [0.15, 0.2) is 5.79 Å². The first kappa shape index (κ1) is 12.2. The molecule has 0 radical (unpaired) electrons. The average Bonchev–Trinajstić information content (AvgIpc) is 3.02. The molecular formula is C12H16N2O3S. The van der Waals surface area contributed by atoms with Crippen molar-refractivity contribution in [2.45, 2.75) is 43.9 Å². The summed E-state index contributed by atoms with van der Waals surface area (Å²) >= 11 is 1.61. The van der Waals surface area contributed by atoms with Crippen LogP contribution in [-0.4, -0.2) is 24.0 Å². The number of ether oxygens (including phenoxy) is 2. The molecule has 0 atom stereocenters. The van der Waals surface area contributed by atoms with Crippen molar-refractivity contribution in [1.29, 1.82) is 0 Å². The summed E-state index contributed by atoms with van der Waals surface area (Å²) in [7, 11) is 0. The van der Waals surface area contributed by atoms with Crippen LogP contribution < -0.4 is 0 Å². The molecule has 1 saturated heterocycles. The Kier molecular flexibility index (Phi) is 3.41. The predicted molar refractivity (Wildman–Crippen MR) is 67.5 cm³/mol. The topological polar surface area (TPSA) is 60.8 Å². The molecule has 1 saturated carbocycles. The van der Waals surface area contributed by atoms with Crippen molar-refractivity contribution >= 4 is 11.3 Å². The van der Waals surface area contributed by atoms with Gasteiger partial charge in [-0.1, -0.05) is 5.18 Å². The Morgan fingerprint density at radius 1 is 1.39 bits per heavy atom. The molecule has 0 aromatic carbocycles. The lowest BCUT2D eigenvalue weighted by Crippen LogP contribution is -2.34. The van der Waals surface area contributed by atoms with Gasteiger partial charge in [-0.3, -0.25) is 0 Å². The van der Waals surface area contributed by atoms with E-state index in [-0.39, 0.29) is 12.3 Å². The molecule has 0 amide bonds. The number of nitroso groups, excluding NO2 is 1. The second-order valence-electron chi connectivity index (χ2n) is 4.83. The number of rotatable bonds is 3. The standard InChI is InChI=1S/C12H16N2O3S/c15-14-8-10-7-13-11(18-10)9-1-3-12(4-2-9)16-5-6-17-12/h7,9H,1-6,8H2. The van der Waals surface area contributed by atoms with Crippen molar-refractivity contribution in [1.82, 2.24) is 4.98 Å². The molecule has 2 aliphatic rings. The molecular weight excluding hydrogens is 252 g/mol. The van der Waals surface area contributed by atoms with E-state index in [2.05, 4.69) is 10.2 Å². The van der Waals surface area contributed by atoms with Crippen LogP contribution in [0.5, 0.6) is 0 Å². The van der Waals surface area contributed by atoms with E-state index in [0.29, 0.717) is 5.92 Å². The summed E-state index contributed by atoms with van der Waals surface area (Å²) in [6.45, 7) is 1.68. The zero-order valence-electron chi connectivity index (χ0n) is 10.1. The third-order valence-electron chi connectivity index (χ3n) is 3.70. The Labute approximate surface area is 109 Å². The van der Waals surface area contributed by atoms with Crippen LogP contribution in [0, 0.1) is 4.91 Å². The van der Waals surface area contributed by atoms with Gasteiger partial charge in [0.1, 0.15) is 6.54 Å². The smallest absolute Gasteiger partial charge is 0.168 e. The molecule has 6 heteroatoms. The van der Waals surface area contributed by atoms with Crippen molar-refractivity contribution in [2.75, 3.05) is 13.2 Å². The molecule has 18 heavy (non-hydrogen) atoms. The lowest BCUT2D eigenvalue weighted by Gasteiger charge is -2.34. The predicted octanol–water partition coefficient (Wildman–Crippen LogP) is 2.81. The van der Waals surface area contributed by atoms with E-state index in [1.165, 1.54) is 0 Å². The Bertz CT molecular complexity index is 419. The van der Waals surface area contributed by atoms with E-state index in [9.17, 15) is 4.91 Å². The Morgan fingerprint density at radius 2 is 2.11 bits per heavy atom. The Balaban J connectivity index is 1.62. The number of hydrogen-bond acceptors (Lipinski definition) is 6. The molecule has 1 aliphatic carbocycles. The molecule has 2 heterocycles. The monoisotopic (exact) mass is 268 g/mol. The van der Waals surface area contributed by atoms with E-state index in [1.807, 2.05) is 0 Å². The summed E-state index contributed by atoms with van der Waals surface area (Å²) < 4.78 is 11.4. The van der Waals surface area contributed by atoms with Crippen LogP contribution >= 0.6 is 11.3 Å². The highest BCUT2D eigenvalue weighted by atomic mass is 32.1. The molecule has 3 rings (SSSR count). The van der Waals surface area contributed by atoms with Crippen LogP contribution in [0.25, 0.3) is 0 Å². The first-order valence-electron chi connectivity index (χ1n) is 6.33. The maximum atomic E-state index is 10.2. The zero-order valence-corrected chi connectivity index (χ0v) is 10.9. The van der Waals surface area contributed by atoms with Crippen LogP contribution in [0.15, 0.2) is 11.4 Å². The Morgan fingerprint density at radius 3 is 2.78 bits per heavy atom. The largest absolute Gasteiger partial charge is 0.348 e. The van der Waals surface area contributed by atoms with E-state index in [4.69, 9.17) is 9.47 Å². The summed E-state index contributed by atoms with van der Waals surface area (Å²) in [5.74, 6) is 0.176. The zero-order chi connectivity index (χ0) is 12.4. The molecule has 1 aliphatic heterocycles. The first-order valence-corrected chi connectivity index (χ1v) is 7.15. The van der Waals surface area contributed by atoms with Gasteiger partial charge >= 0.3 is 0 Å². The van der Waals surface area contributed by atoms with Crippen molar-refractivity contribution in [2.24, 2.45) is 5.18 Å². The lowest BCUT2D eigenvalue weighted by atomic mass is 9.85. The van der Waals surface area contributed by atoms with Crippen molar-refractivity contribution < 1.29 is 9.47 Å². The summed E-state index contributed by atoms with van der Waals surface area (Å²) in [5, 5.41) is 4.03. The van der Waals surface area contributed by atoms with Gasteiger partial charge in [0.2, 0.25) is 0 Å². The molecule has 1 aromatic heterocycles. The van der Waals surface area contributed by atoms with Crippen molar-refractivity contribution in [3.63, 3.8) is 0 Å². The number of nitrogens with zero attached hydrogens (tertiary/aromatic N) is 2. The van der Waals surface area contributed by atoms with E-state index < -0.39 is 0 Å². The molecule has 98 valence electrons. The van der Waals surface area contributed by atoms with Gasteiger partial charge in [-0.15, -0.1) is 11.3 Å². The van der Waals surface area contributed by atoms with Gasteiger partial charge in [-0.25, -0.2) is 4.98 Å². The quantitative estimate of drug-likeness (QED) is 0.791. The molecule has 5 nitrogen and oxygen atoms in total. The summed E-state index contributed by atoms with van der Waals surface area (Å²) in [4.78, 5) is 15.6. The minimum absolute atomic E-state index is 0.237. The maximum absolute atomic E-state index is 10.2. The van der Waals surface area contributed by atoms with Gasteiger partial charge in [-0.05, 0) is 12.8 Å². The molecule has 1 aromatic rings. The first-order chi connectivity index (χ1) is 8.81. The number of thiazole rings is 1. The fourth-order valence-corrected chi connectivity index (χ4v) is 3.74. The molecule has 0 N–H and O–H groups in total. The third kappa shape index (κ3) is 2.32. The van der Waals surface area contributed by atoms with Crippen LogP contribution in [-0.2, 0) is 16.0 Å². The van der Waals surface area contributed by atoms with Crippen molar-refractivity contribution in [3.8, 4) is 0 Å². The highest BCUT2D eigenvalue weighted by Crippen LogP contribution is 2.43. The summed E-state index contributed by atoms with van der Waals surface area (Å²) in [6, 6.07) is 0. The Hall–Kier alpha value is -0.850. The summed E-state index contributed by atoms with van der Waals surface area (Å²) in [5.41, 5.74) is 0. The number of hydrogen-bond donors (Lipinski definition) is 0. The van der Waals surface area contributed by atoms with Gasteiger partial charge in [0, 0.05) is 29.8 Å². The fourth-order valence-electron chi connectivity index (χ4n) is 2.74. The van der Waals surface area contributed by atoms with E-state index >= 15 is 0 Å². The third-order valence-corrected chi connectivity index (χ3v) is 4.85. The van der Waals surface area contributed by atoms with Crippen LogP contribution in [0.2, 0.25) is 0 Å². The van der Waals surface area contributed by atoms with Crippen molar-refractivity contribution in [3.05, 3.63) is 21.0 Å². The van der Waals surface area contributed by atoms with Gasteiger partial charge in [-0.2, -0.15) is 4.91 Å². The second-order valence-corrected chi connectivity index (χ2v) is 5.98. The maximum Gasteiger partial charge on any atom is 0.168 e. The minimum Gasteiger partial charge on any atom is -0.348 e. The van der Waals surface area contributed by atoms with E-state index in [0.717, 1.165) is 48.8 Å². The second kappa shape index (κ2) is 5.03. The average molecular weight is 268 g/mol. The van der Waals surface area contributed by atoms with Crippen LogP contribution in [0.1, 0.15) is 41.5 Å². The molecule has 0 unspecified atom stereocenters. The fraction of sp³-hybridized carbons (Fsp3) is 0.750. The molecule has 2 fully saturated rings. The van der Waals surface area contributed by atoms with E-state index in [1.54, 1.807) is 17.5 Å². The van der Waals surface area contributed by atoms with Crippen LogP contribution in [0.3, 0.4) is 0 Å².